The minimum Gasteiger partial charge on any atom is -0.300 e. The van der Waals surface area contributed by atoms with Crippen LogP contribution in [-0.2, 0) is 16.6 Å². The van der Waals surface area contributed by atoms with Gasteiger partial charge in [0.1, 0.15) is 11.2 Å². The fraction of sp³-hybridized carbons (Fsp3) is 0.273. The number of carbonyl (C=O) groups is 2. The number of pyridine rings is 2. The van der Waals surface area contributed by atoms with Gasteiger partial charge in [0.05, 0.1) is 23.5 Å². The van der Waals surface area contributed by atoms with Crippen molar-refractivity contribution in [2.24, 2.45) is 0 Å². The second-order valence-corrected chi connectivity index (χ2v) is 8.64. The first-order valence-electron chi connectivity index (χ1n) is 9.57. The fourth-order valence-corrected chi connectivity index (χ4v) is 3.90. The minimum absolute atomic E-state index is 0.0698. The molecule has 4 rings (SSSR count). The molecule has 0 bridgehead atoms. The molecule has 0 radical (unpaired) electrons. The van der Waals surface area contributed by atoms with Crippen LogP contribution < -0.4 is 0 Å². The maximum absolute atomic E-state index is 12.7. The number of rotatable bonds is 5. The van der Waals surface area contributed by atoms with E-state index in [0.717, 1.165) is 9.13 Å². The average molecular weight is 511 g/mol. The van der Waals surface area contributed by atoms with Crippen LogP contribution in [0.5, 0.6) is 0 Å². The molecule has 0 N–H and O–H groups in total. The zero-order valence-electron chi connectivity index (χ0n) is 16.1. The topological polar surface area (TPSA) is 102 Å². The summed E-state index contributed by atoms with van der Waals surface area (Å²) in [6.45, 7) is 0. The van der Waals surface area contributed by atoms with E-state index in [9.17, 15) is 14.9 Å². The van der Waals surface area contributed by atoms with E-state index in [2.05, 4.69) is 43.7 Å². The van der Waals surface area contributed by atoms with E-state index in [-0.39, 0.29) is 18.0 Å². The van der Waals surface area contributed by atoms with Crippen LogP contribution in [0.3, 0.4) is 0 Å². The van der Waals surface area contributed by atoms with Crippen LogP contribution in [0.25, 0.3) is 5.82 Å². The van der Waals surface area contributed by atoms with Crippen molar-refractivity contribution in [3.05, 3.63) is 69.4 Å². The second-order valence-electron chi connectivity index (χ2n) is 7.39. The van der Waals surface area contributed by atoms with E-state index in [1.54, 1.807) is 29.3 Å². The molecule has 1 saturated carbocycles. The molecular weight excluding hydrogens is 493 g/mol. The van der Waals surface area contributed by atoms with Gasteiger partial charge in [0.15, 0.2) is 11.6 Å². The van der Waals surface area contributed by atoms with Crippen molar-refractivity contribution in [2.75, 3.05) is 0 Å². The molecule has 3 aromatic heterocycles. The summed E-state index contributed by atoms with van der Waals surface area (Å²) in [6, 6.07) is 9.77. The Hall–Kier alpha value is -2.93. The monoisotopic (exact) mass is 511 g/mol. The molecule has 0 aromatic carbocycles. The Kier molecular flexibility index (Phi) is 5.72. The number of Topliss-reactive ketones (excluding diaryl/α,β-unsaturated/α-hetero) is 2. The number of halogens is 1. The lowest BCUT2D eigenvalue weighted by Gasteiger charge is -2.29. The van der Waals surface area contributed by atoms with Crippen molar-refractivity contribution < 1.29 is 9.59 Å². The van der Waals surface area contributed by atoms with E-state index in [0.29, 0.717) is 42.8 Å². The first kappa shape index (κ1) is 20.3. The van der Waals surface area contributed by atoms with Crippen LogP contribution >= 0.6 is 22.6 Å². The first-order valence-corrected chi connectivity index (χ1v) is 10.7. The second kappa shape index (κ2) is 8.44. The van der Waals surface area contributed by atoms with Crippen molar-refractivity contribution in [1.29, 1.82) is 5.26 Å². The molecule has 0 spiro atoms. The highest BCUT2D eigenvalue weighted by Crippen LogP contribution is 2.36. The van der Waals surface area contributed by atoms with Gasteiger partial charge >= 0.3 is 0 Å². The van der Waals surface area contributed by atoms with Crippen LogP contribution in [0, 0.1) is 14.9 Å². The molecule has 3 heterocycles. The molecule has 7 nitrogen and oxygen atoms in total. The van der Waals surface area contributed by atoms with Crippen molar-refractivity contribution >= 4 is 34.2 Å². The molecule has 0 atom stereocenters. The van der Waals surface area contributed by atoms with E-state index in [4.69, 9.17) is 0 Å². The third kappa shape index (κ3) is 4.16. The number of aromatic nitrogens is 4. The number of ketones is 2. The molecule has 150 valence electrons. The van der Waals surface area contributed by atoms with E-state index in [1.807, 2.05) is 18.2 Å². The summed E-state index contributed by atoms with van der Waals surface area (Å²) >= 11 is 2.18. The van der Waals surface area contributed by atoms with Gasteiger partial charge < -0.3 is 0 Å². The van der Waals surface area contributed by atoms with Gasteiger partial charge in [0.25, 0.3) is 0 Å². The zero-order valence-corrected chi connectivity index (χ0v) is 18.2. The van der Waals surface area contributed by atoms with Crippen molar-refractivity contribution in [3.63, 3.8) is 0 Å². The SMILES string of the molecule is N#CC1(c2ccc(CC(=O)c3cnn(-c4ccc(I)cn4)c3)cn2)CCC(=O)CC1. The highest BCUT2D eigenvalue weighted by Gasteiger charge is 2.37. The van der Waals surface area contributed by atoms with Gasteiger partial charge in [-0.15, -0.1) is 0 Å². The minimum atomic E-state index is -0.710. The lowest BCUT2D eigenvalue weighted by molar-refractivity contribution is -0.121. The third-order valence-corrected chi connectivity index (χ3v) is 6.04. The number of nitrogens with zero attached hydrogens (tertiary/aromatic N) is 5. The molecule has 0 aliphatic heterocycles. The Labute approximate surface area is 187 Å². The highest BCUT2D eigenvalue weighted by atomic mass is 127. The Morgan fingerprint density at radius 1 is 1.13 bits per heavy atom. The van der Waals surface area contributed by atoms with Gasteiger partial charge in [-0.05, 0) is 59.2 Å². The Morgan fingerprint density at radius 3 is 2.57 bits per heavy atom. The summed E-state index contributed by atoms with van der Waals surface area (Å²) < 4.78 is 2.60. The van der Waals surface area contributed by atoms with E-state index < -0.39 is 5.41 Å². The Morgan fingerprint density at radius 2 is 1.93 bits per heavy atom. The molecular formula is C22H18IN5O2. The molecule has 0 unspecified atom stereocenters. The van der Waals surface area contributed by atoms with Gasteiger partial charge in [-0.2, -0.15) is 10.4 Å². The van der Waals surface area contributed by atoms with Crippen LogP contribution in [-0.4, -0.2) is 31.3 Å². The molecule has 0 amide bonds. The number of nitriles is 1. The summed E-state index contributed by atoms with van der Waals surface area (Å²) in [5.74, 6) is 0.775. The smallest absolute Gasteiger partial charge is 0.170 e. The number of carbonyl (C=O) groups excluding carboxylic acids is 2. The summed E-state index contributed by atoms with van der Waals surface area (Å²) in [5, 5.41) is 13.9. The van der Waals surface area contributed by atoms with Crippen molar-refractivity contribution in [3.8, 4) is 11.9 Å². The summed E-state index contributed by atoms with van der Waals surface area (Å²) in [6.07, 6.45) is 8.60. The zero-order chi connectivity index (χ0) is 21.1. The predicted molar refractivity (Wildman–Crippen MR) is 117 cm³/mol. The van der Waals surface area contributed by atoms with Crippen molar-refractivity contribution in [2.45, 2.75) is 37.5 Å². The average Bonchev–Trinajstić information content (AvgIpc) is 3.26. The molecule has 3 aromatic rings. The maximum Gasteiger partial charge on any atom is 0.170 e. The van der Waals surface area contributed by atoms with Crippen molar-refractivity contribution in [1.82, 2.24) is 19.7 Å². The first-order chi connectivity index (χ1) is 14.5. The highest BCUT2D eigenvalue weighted by molar-refractivity contribution is 14.1. The summed E-state index contributed by atoms with van der Waals surface area (Å²) in [7, 11) is 0. The number of hydrogen-bond donors (Lipinski definition) is 0. The van der Waals surface area contributed by atoms with E-state index >= 15 is 0 Å². The predicted octanol–water partition coefficient (Wildman–Crippen LogP) is 3.60. The van der Waals surface area contributed by atoms with E-state index in [1.165, 1.54) is 6.20 Å². The molecule has 1 aliphatic rings. The third-order valence-electron chi connectivity index (χ3n) is 5.41. The summed E-state index contributed by atoms with van der Waals surface area (Å²) in [4.78, 5) is 33.0. The molecule has 1 fully saturated rings. The van der Waals surface area contributed by atoms with Crippen LogP contribution in [0.2, 0.25) is 0 Å². The summed E-state index contributed by atoms with van der Waals surface area (Å²) in [5.41, 5.74) is 1.23. The Bertz CT molecular complexity index is 1120. The quantitative estimate of drug-likeness (QED) is 0.383. The van der Waals surface area contributed by atoms with Crippen LogP contribution in [0.15, 0.2) is 49.1 Å². The van der Waals surface area contributed by atoms with Gasteiger partial charge in [0, 0.05) is 41.4 Å². The Balaban J connectivity index is 1.46. The van der Waals surface area contributed by atoms with Gasteiger partial charge in [0.2, 0.25) is 0 Å². The van der Waals surface area contributed by atoms with Crippen LogP contribution in [0.4, 0.5) is 0 Å². The molecule has 0 saturated heterocycles. The molecule has 30 heavy (non-hydrogen) atoms. The standard InChI is InChI=1S/C22H18IN5O2/c23-17-2-4-21(26-12-17)28-13-16(11-27-28)19(30)9-15-1-3-20(25-10-15)22(14-24)7-5-18(29)6-8-22/h1-4,10-13H,5-9H2. The normalized spacial score (nSPS) is 15.5. The molecule has 1 aliphatic carbocycles. The maximum atomic E-state index is 12.7. The lowest BCUT2D eigenvalue weighted by atomic mass is 9.72. The van der Waals surface area contributed by atoms with Crippen LogP contribution in [0.1, 0.15) is 47.3 Å². The molecule has 8 heteroatoms. The van der Waals surface area contributed by atoms with Gasteiger partial charge in [-0.25, -0.2) is 9.67 Å². The largest absolute Gasteiger partial charge is 0.300 e. The van der Waals surface area contributed by atoms with Gasteiger partial charge in [-0.1, -0.05) is 6.07 Å². The fourth-order valence-electron chi connectivity index (χ4n) is 3.58. The van der Waals surface area contributed by atoms with Gasteiger partial charge in [-0.3, -0.25) is 14.6 Å². The number of hydrogen-bond acceptors (Lipinski definition) is 6. The lowest BCUT2D eigenvalue weighted by Crippen LogP contribution is -2.31.